The van der Waals surface area contributed by atoms with Crippen LogP contribution in [0.15, 0.2) is 122 Å². The van der Waals surface area contributed by atoms with Crippen molar-refractivity contribution >= 4 is 53.0 Å². The summed E-state index contributed by atoms with van der Waals surface area (Å²) in [6.45, 7) is 79.6. The molecule has 8 aromatic rings. The second-order valence-electron chi connectivity index (χ2n) is 37.9. The first-order valence-corrected chi connectivity index (χ1v) is 51.1. The Morgan fingerprint density at radius 2 is 0.673 bits per heavy atom. The lowest BCUT2D eigenvalue weighted by Gasteiger charge is -2.28. The molecule has 0 unspecified atom stereocenters. The third-order valence-corrected chi connectivity index (χ3v) is 27.8. The lowest BCUT2D eigenvalue weighted by molar-refractivity contribution is -0.659. The van der Waals surface area contributed by atoms with Crippen molar-refractivity contribution in [2.75, 3.05) is 0 Å². The van der Waals surface area contributed by atoms with E-state index in [9.17, 15) is 0 Å². The largest absolute Gasteiger partial charge is 0.212 e. The molecule has 8 heteroatoms. The highest BCUT2D eigenvalue weighted by Gasteiger charge is 2.35. The molecular formula is C90H140N4Si4+4. The lowest BCUT2D eigenvalue weighted by atomic mass is 9.85. The number of hydrogen-bond acceptors (Lipinski definition) is 0. The van der Waals surface area contributed by atoms with Gasteiger partial charge in [-0.15, -0.1) is 0 Å². The second-order valence-corrected chi connectivity index (χ2v) is 58.0. The van der Waals surface area contributed by atoms with Crippen molar-refractivity contribution in [1.82, 2.24) is 0 Å². The topological polar surface area (TPSA) is 15.5 Å². The average Bonchev–Trinajstić information content (AvgIpc) is 0.790. The first kappa shape index (κ1) is 83.0. The molecule has 0 saturated heterocycles. The molecule has 0 atom stereocenters. The van der Waals surface area contributed by atoms with Gasteiger partial charge in [0.1, 0.15) is 28.2 Å². The second kappa shape index (κ2) is 31.7. The van der Waals surface area contributed by atoms with Crippen LogP contribution in [0.5, 0.6) is 0 Å². The van der Waals surface area contributed by atoms with Crippen LogP contribution in [0.4, 0.5) is 0 Å². The maximum Gasteiger partial charge on any atom is 0.212 e. The molecule has 0 aliphatic heterocycles. The van der Waals surface area contributed by atoms with Crippen molar-refractivity contribution in [3.05, 3.63) is 189 Å². The summed E-state index contributed by atoms with van der Waals surface area (Å²) in [5.74, 6) is 2.36. The van der Waals surface area contributed by atoms with Gasteiger partial charge in [0.25, 0.3) is 0 Å². The van der Waals surface area contributed by atoms with Gasteiger partial charge in [-0.2, -0.15) is 0 Å². The monoisotopic (exact) mass is 1390 g/mol. The smallest absolute Gasteiger partial charge is 0.201 e. The standard InChI is InChI=1S/3C23H36NSi.C21H32NSi/c1-16(2)20-14-21(24(7)15-22(20)25(8,9)10)19-12-11-18(13-17(19)3)23(4,5)6;1-16(2)18-12-11-17(3)19(13-18)21-14-20(23(4,5)6)22(15-24(21)7)25(8,9)10;1-16(2)12-19-10-11-20(18(5)13-19)22-14-21(17(3)4)23(15-24(22)6)25(7,8)9;1-15-10-11-16(2)17(12-15)19-13-18(21(3,4)5)20(14-22(19)6)23(7,8)9/h2*11-16H,1-10H3;10-11,13-17H,12H2,1-9H3;10-14H,1-9H3/q4*+1. The zero-order chi connectivity index (χ0) is 74.8. The first-order chi connectivity index (χ1) is 44.5. The van der Waals surface area contributed by atoms with E-state index < -0.39 is 32.3 Å². The summed E-state index contributed by atoms with van der Waals surface area (Å²) in [4.78, 5) is 0. The molecule has 4 aromatic heterocycles. The minimum Gasteiger partial charge on any atom is -0.201 e. The highest BCUT2D eigenvalue weighted by molar-refractivity contribution is 6.90. The Kier molecular flexibility index (Phi) is 26.9. The van der Waals surface area contributed by atoms with Crippen LogP contribution in [0.2, 0.25) is 78.6 Å². The van der Waals surface area contributed by atoms with Crippen LogP contribution in [0.1, 0.15) is 202 Å². The Morgan fingerprint density at radius 1 is 0.327 bits per heavy atom. The van der Waals surface area contributed by atoms with Gasteiger partial charge in [0.05, 0.1) is 32.3 Å². The van der Waals surface area contributed by atoms with Gasteiger partial charge >= 0.3 is 0 Å². The predicted octanol–water partition coefficient (Wildman–Crippen LogP) is 20.9. The Balaban J connectivity index is 0.000000236. The number of aryl methyl sites for hydroxylation is 9. The van der Waals surface area contributed by atoms with E-state index in [1.165, 1.54) is 112 Å². The number of pyridine rings is 4. The number of nitrogens with zero attached hydrogens (tertiary/aromatic N) is 4. The Labute approximate surface area is 606 Å². The van der Waals surface area contributed by atoms with E-state index in [1.807, 2.05) is 0 Å². The first-order valence-electron chi connectivity index (χ1n) is 37.1. The van der Waals surface area contributed by atoms with Gasteiger partial charge in [0, 0.05) is 67.3 Å². The summed E-state index contributed by atoms with van der Waals surface area (Å²) in [5, 5.41) is 6.31. The summed E-state index contributed by atoms with van der Waals surface area (Å²) in [5.41, 5.74) is 28.3. The molecular weight excluding hydrogens is 1250 g/mol. The maximum absolute atomic E-state index is 2.46. The summed E-state index contributed by atoms with van der Waals surface area (Å²) in [6, 6.07) is 37.4. The minimum atomic E-state index is -1.41. The maximum atomic E-state index is 2.46. The molecule has 0 fully saturated rings. The fourth-order valence-electron chi connectivity index (χ4n) is 13.7. The van der Waals surface area contributed by atoms with Gasteiger partial charge in [0.2, 0.25) is 22.8 Å². The third kappa shape index (κ3) is 21.2. The molecule has 0 spiro atoms. The number of rotatable bonds is 13. The summed E-state index contributed by atoms with van der Waals surface area (Å²) in [7, 11) is 3.27. The molecule has 4 heterocycles. The van der Waals surface area contributed by atoms with Gasteiger partial charge in [0.15, 0.2) is 24.8 Å². The van der Waals surface area contributed by atoms with Crippen LogP contribution in [-0.2, 0) is 50.9 Å². The molecule has 0 saturated carbocycles. The highest BCUT2D eigenvalue weighted by Crippen LogP contribution is 2.34. The van der Waals surface area contributed by atoms with Gasteiger partial charge in [-0.25, -0.2) is 18.3 Å². The number of aromatic nitrogens is 4. The van der Waals surface area contributed by atoms with Crippen LogP contribution in [-0.4, -0.2) is 32.3 Å². The third-order valence-electron chi connectivity index (χ3n) is 19.7. The van der Waals surface area contributed by atoms with Crippen LogP contribution in [0.25, 0.3) is 45.0 Å². The van der Waals surface area contributed by atoms with Gasteiger partial charge in [-0.1, -0.05) is 250 Å². The van der Waals surface area contributed by atoms with Gasteiger partial charge in [-0.05, 0) is 166 Å². The molecule has 0 aliphatic carbocycles. The molecule has 0 radical (unpaired) electrons. The van der Waals surface area contributed by atoms with Crippen LogP contribution < -0.4 is 39.0 Å². The quantitative estimate of drug-likeness (QED) is 0.0808. The minimum absolute atomic E-state index is 0.155. The summed E-state index contributed by atoms with van der Waals surface area (Å²) in [6.07, 6.45) is 10.7. The van der Waals surface area contributed by atoms with Crippen molar-refractivity contribution in [3.63, 3.8) is 0 Å². The fraction of sp³-hybridized carbons (Fsp3) is 0.511. The van der Waals surface area contributed by atoms with Crippen molar-refractivity contribution in [2.45, 2.75) is 271 Å². The molecule has 4 aromatic carbocycles. The molecule has 98 heavy (non-hydrogen) atoms. The zero-order valence-corrected chi connectivity index (χ0v) is 73.9. The summed E-state index contributed by atoms with van der Waals surface area (Å²) < 4.78 is 9.34. The number of hydrogen-bond donors (Lipinski definition) is 0. The van der Waals surface area contributed by atoms with E-state index in [0.717, 1.165) is 6.42 Å². The molecule has 8 rings (SSSR count). The van der Waals surface area contributed by atoms with Gasteiger partial charge < -0.3 is 0 Å². The van der Waals surface area contributed by atoms with E-state index in [4.69, 9.17) is 0 Å². The Morgan fingerprint density at radius 3 is 1.00 bits per heavy atom. The SMILES string of the molecule is Cc1cc(C(C)(C)C)ccc1-c1cc(C(C)C)c([Si](C)(C)C)c[n+]1C.Cc1cc(CC(C)C)ccc1-c1cc(C(C)C)c([Si](C)(C)C)c[n+]1C.Cc1ccc(C(C)C)cc1-c1cc(C(C)(C)C)c([Si](C)(C)C)c[n+]1C.Cc1ccc(C)c(-c2cc(C(C)(C)C)c([Si](C)(C)C)c[n+]2C)c1. The molecule has 0 N–H and O–H groups in total. The molecule has 532 valence electrons. The zero-order valence-electron chi connectivity index (χ0n) is 69.9. The predicted molar refractivity (Wildman–Crippen MR) is 445 cm³/mol. The molecule has 0 aliphatic rings. The van der Waals surface area contributed by atoms with E-state index in [0.29, 0.717) is 23.7 Å². The van der Waals surface area contributed by atoms with Crippen molar-refractivity contribution in [1.29, 1.82) is 0 Å². The van der Waals surface area contributed by atoms with E-state index in [1.54, 1.807) is 20.7 Å². The Hall–Kier alpha value is -5.65. The van der Waals surface area contributed by atoms with Gasteiger partial charge in [-0.3, -0.25) is 0 Å². The summed E-state index contributed by atoms with van der Waals surface area (Å²) >= 11 is 0. The van der Waals surface area contributed by atoms with Crippen molar-refractivity contribution in [3.8, 4) is 45.0 Å². The van der Waals surface area contributed by atoms with E-state index in [2.05, 4.69) is 399 Å². The normalized spacial score (nSPS) is 12.6. The lowest BCUT2D eigenvalue weighted by Crippen LogP contribution is -2.49. The van der Waals surface area contributed by atoms with Crippen molar-refractivity contribution < 1.29 is 18.3 Å². The van der Waals surface area contributed by atoms with Crippen molar-refractivity contribution in [2.24, 2.45) is 34.1 Å². The number of benzene rings is 4. The fourth-order valence-corrected chi connectivity index (χ4v) is 20.9. The van der Waals surface area contributed by atoms with E-state index >= 15 is 0 Å². The van der Waals surface area contributed by atoms with Crippen LogP contribution in [0, 0.1) is 40.5 Å². The molecule has 0 amide bonds. The Bertz CT molecular complexity index is 4090. The highest BCUT2D eigenvalue weighted by atomic mass is 28.3. The average molecular weight is 1390 g/mol. The van der Waals surface area contributed by atoms with Crippen LogP contribution >= 0.6 is 0 Å². The molecule has 0 bridgehead atoms. The van der Waals surface area contributed by atoms with E-state index in [-0.39, 0.29) is 16.2 Å². The van der Waals surface area contributed by atoms with Crippen LogP contribution in [0.3, 0.4) is 0 Å². The molecule has 4 nitrogen and oxygen atoms in total.